The number of nitrogens with one attached hydrogen (secondary N) is 1. The van der Waals surface area contributed by atoms with Gasteiger partial charge in [0.2, 0.25) is 0 Å². The monoisotopic (exact) mass is 369 g/mol. The normalized spacial score (nSPS) is 12.5. The van der Waals surface area contributed by atoms with E-state index in [2.05, 4.69) is 27.0 Å². The summed E-state index contributed by atoms with van der Waals surface area (Å²) in [5.74, 6) is 0.930. The maximum absolute atomic E-state index is 12.9. The zero-order valence-electron chi connectivity index (χ0n) is 14.0. The third-order valence-corrected chi connectivity index (χ3v) is 5.08. The predicted octanol–water partition coefficient (Wildman–Crippen LogP) is 3.51. The molecule has 2 aromatic carbocycles. The maximum atomic E-state index is 12.9. The Morgan fingerprint density at radius 2 is 1.92 bits per heavy atom. The fourth-order valence-corrected chi connectivity index (χ4v) is 3.55. The topological polar surface area (TPSA) is 82.4 Å². The van der Waals surface area contributed by atoms with Crippen LogP contribution in [0.1, 0.15) is 23.1 Å². The zero-order chi connectivity index (χ0) is 17.9. The highest BCUT2D eigenvalue weighted by molar-refractivity contribution is 7.98. The van der Waals surface area contributed by atoms with E-state index in [0.717, 1.165) is 11.1 Å². The number of hydrogen-bond acceptors (Lipinski definition) is 4. The molecular formula is C19H18FN4OS+. The van der Waals surface area contributed by atoms with Crippen molar-refractivity contribution in [1.82, 2.24) is 15.2 Å². The molecular weight excluding hydrogens is 351 g/mol. The third kappa shape index (κ3) is 3.63. The molecule has 132 valence electrons. The van der Waals surface area contributed by atoms with Gasteiger partial charge in [-0.05, 0) is 29.3 Å². The largest absolute Gasteiger partial charge is 0.410 e. The van der Waals surface area contributed by atoms with Gasteiger partial charge in [-0.1, -0.05) is 42.1 Å². The number of aromatic nitrogens is 3. The van der Waals surface area contributed by atoms with E-state index in [9.17, 15) is 4.39 Å². The highest BCUT2D eigenvalue weighted by Crippen LogP contribution is 2.25. The lowest BCUT2D eigenvalue weighted by Crippen LogP contribution is -2.54. The van der Waals surface area contributed by atoms with Crippen LogP contribution in [0, 0.1) is 5.82 Å². The highest BCUT2D eigenvalue weighted by atomic mass is 32.2. The number of para-hydroxylation sites is 1. The van der Waals surface area contributed by atoms with Gasteiger partial charge in [-0.2, -0.15) is 0 Å². The predicted molar refractivity (Wildman–Crippen MR) is 97.9 cm³/mol. The molecule has 1 atom stereocenters. The first-order valence-electron chi connectivity index (χ1n) is 8.28. The Bertz CT molecular complexity index is 1010. The molecule has 1 unspecified atom stereocenters. The first kappa shape index (κ1) is 16.8. The van der Waals surface area contributed by atoms with Crippen LogP contribution in [0.5, 0.6) is 0 Å². The molecule has 26 heavy (non-hydrogen) atoms. The van der Waals surface area contributed by atoms with Gasteiger partial charge < -0.3 is 15.1 Å². The summed E-state index contributed by atoms with van der Waals surface area (Å²) < 4.78 is 18.7. The number of rotatable bonds is 6. The van der Waals surface area contributed by atoms with Gasteiger partial charge in [0.25, 0.3) is 11.1 Å². The first-order chi connectivity index (χ1) is 12.7. The minimum absolute atomic E-state index is 0.123. The number of aromatic amines is 1. The van der Waals surface area contributed by atoms with Crippen molar-refractivity contribution >= 4 is 22.7 Å². The average molecular weight is 369 g/mol. The number of fused-ring (bicyclic) bond motifs is 1. The molecule has 2 aromatic heterocycles. The summed E-state index contributed by atoms with van der Waals surface area (Å²) in [5.41, 5.74) is 7.46. The fourth-order valence-electron chi connectivity index (χ4n) is 2.82. The van der Waals surface area contributed by atoms with Crippen LogP contribution >= 0.6 is 11.8 Å². The molecule has 7 heteroatoms. The molecule has 2 heterocycles. The molecule has 0 spiro atoms. The molecule has 5 nitrogen and oxygen atoms in total. The van der Waals surface area contributed by atoms with E-state index < -0.39 is 0 Å². The molecule has 0 saturated heterocycles. The quantitative estimate of drug-likeness (QED) is 0.510. The molecule has 0 aliphatic carbocycles. The van der Waals surface area contributed by atoms with E-state index in [4.69, 9.17) is 4.42 Å². The number of quaternary nitrogens is 1. The standard InChI is InChI=1S/C19H17FN4OS/c20-14-7-5-12(6-8-14)11-26-19-24-23-18(25-19)16(21)9-13-10-22-17-4-2-1-3-15(13)17/h1-8,10,16,22H,9,11,21H2/p+1. The molecule has 4 aromatic rings. The lowest BCUT2D eigenvalue weighted by molar-refractivity contribution is -0.431. The Kier molecular flexibility index (Phi) is 4.73. The molecule has 0 aliphatic heterocycles. The van der Waals surface area contributed by atoms with Gasteiger partial charge in [0.1, 0.15) is 5.82 Å². The van der Waals surface area contributed by atoms with E-state index in [1.54, 1.807) is 12.1 Å². The van der Waals surface area contributed by atoms with Crippen molar-refractivity contribution in [2.24, 2.45) is 0 Å². The highest BCUT2D eigenvalue weighted by Gasteiger charge is 2.20. The molecule has 0 amide bonds. The Balaban J connectivity index is 1.41. The number of nitrogens with zero attached hydrogens (tertiary/aromatic N) is 2. The van der Waals surface area contributed by atoms with Crippen LogP contribution in [0.25, 0.3) is 10.9 Å². The number of hydrogen-bond donors (Lipinski definition) is 2. The van der Waals surface area contributed by atoms with Crippen LogP contribution in [-0.2, 0) is 12.2 Å². The number of H-pyrrole nitrogens is 1. The molecule has 4 N–H and O–H groups in total. The maximum Gasteiger partial charge on any atom is 0.277 e. The molecule has 0 bridgehead atoms. The molecule has 0 saturated carbocycles. The van der Waals surface area contributed by atoms with Crippen LogP contribution < -0.4 is 5.73 Å². The second-order valence-corrected chi connectivity index (χ2v) is 7.01. The van der Waals surface area contributed by atoms with Crippen LogP contribution in [-0.4, -0.2) is 15.2 Å². The summed E-state index contributed by atoms with van der Waals surface area (Å²) in [6.45, 7) is 0. The van der Waals surface area contributed by atoms with Crippen LogP contribution in [0.2, 0.25) is 0 Å². The van der Waals surface area contributed by atoms with E-state index in [0.29, 0.717) is 23.3 Å². The fraction of sp³-hybridized carbons (Fsp3) is 0.158. The van der Waals surface area contributed by atoms with E-state index >= 15 is 0 Å². The smallest absolute Gasteiger partial charge is 0.277 e. The minimum atomic E-state index is -0.240. The van der Waals surface area contributed by atoms with Crippen molar-refractivity contribution in [2.75, 3.05) is 0 Å². The Hall–Kier alpha value is -2.64. The van der Waals surface area contributed by atoms with Crippen LogP contribution in [0.15, 0.2) is 64.4 Å². The van der Waals surface area contributed by atoms with E-state index in [-0.39, 0.29) is 11.9 Å². The van der Waals surface area contributed by atoms with Crippen molar-refractivity contribution in [3.05, 3.63) is 77.6 Å². The van der Waals surface area contributed by atoms with Gasteiger partial charge in [-0.3, -0.25) is 0 Å². The summed E-state index contributed by atoms with van der Waals surface area (Å²) in [6, 6.07) is 14.4. The summed E-state index contributed by atoms with van der Waals surface area (Å²) in [7, 11) is 0. The zero-order valence-corrected chi connectivity index (χ0v) is 14.8. The molecule has 0 aliphatic rings. The van der Waals surface area contributed by atoms with Gasteiger partial charge >= 0.3 is 0 Å². The molecule has 0 radical (unpaired) electrons. The van der Waals surface area contributed by atoms with Gasteiger partial charge in [0.15, 0.2) is 6.04 Å². The summed E-state index contributed by atoms with van der Waals surface area (Å²) in [4.78, 5) is 3.27. The number of thioether (sulfide) groups is 1. The number of benzene rings is 2. The van der Waals surface area contributed by atoms with Crippen molar-refractivity contribution in [1.29, 1.82) is 0 Å². The number of halogens is 1. The van der Waals surface area contributed by atoms with Gasteiger partial charge in [0, 0.05) is 29.3 Å². The lowest BCUT2D eigenvalue weighted by atomic mass is 10.1. The van der Waals surface area contributed by atoms with Crippen molar-refractivity contribution in [3.63, 3.8) is 0 Å². The third-order valence-electron chi connectivity index (χ3n) is 4.19. The Labute approximate surface area is 153 Å². The van der Waals surface area contributed by atoms with Crippen molar-refractivity contribution in [2.45, 2.75) is 23.4 Å². The van der Waals surface area contributed by atoms with E-state index in [1.165, 1.54) is 34.8 Å². The molecule has 4 rings (SSSR count). The van der Waals surface area contributed by atoms with Crippen molar-refractivity contribution < 1.29 is 14.5 Å². The summed E-state index contributed by atoms with van der Waals surface area (Å²) in [6.07, 6.45) is 2.72. The van der Waals surface area contributed by atoms with E-state index in [1.807, 2.05) is 24.4 Å². The van der Waals surface area contributed by atoms with Gasteiger partial charge in [-0.15, -0.1) is 10.2 Å². The lowest BCUT2D eigenvalue weighted by Gasteiger charge is -2.03. The minimum Gasteiger partial charge on any atom is -0.410 e. The van der Waals surface area contributed by atoms with Crippen LogP contribution in [0.3, 0.4) is 0 Å². The van der Waals surface area contributed by atoms with Crippen LogP contribution in [0.4, 0.5) is 4.39 Å². The SMILES string of the molecule is [NH3+]C(Cc1c[nH]c2ccccc12)c1nnc(SCc2ccc(F)cc2)o1. The first-order valence-corrected chi connectivity index (χ1v) is 9.26. The van der Waals surface area contributed by atoms with Gasteiger partial charge in [0.05, 0.1) is 0 Å². The second kappa shape index (κ2) is 7.31. The average Bonchev–Trinajstić information content (AvgIpc) is 3.29. The summed E-state index contributed by atoms with van der Waals surface area (Å²) in [5, 5.41) is 9.90. The Morgan fingerprint density at radius 3 is 2.77 bits per heavy atom. The molecule has 0 fully saturated rings. The van der Waals surface area contributed by atoms with Gasteiger partial charge in [-0.25, -0.2) is 4.39 Å². The summed E-state index contributed by atoms with van der Waals surface area (Å²) >= 11 is 1.43. The second-order valence-electron chi connectivity index (χ2n) is 6.08. The van der Waals surface area contributed by atoms with Crippen molar-refractivity contribution in [3.8, 4) is 0 Å². The Morgan fingerprint density at radius 1 is 1.12 bits per heavy atom.